The number of esters is 1. The van der Waals surface area contributed by atoms with Gasteiger partial charge in [-0.05, 0) is 44.7 Å². The number of methoxy groups -OCH3 is 1. The first-order valence-corrected chi connectivity index (χ1v) is 9.67. The molecule has 0 amide bonds. The average molecular weight is 370 g/mol. The first kappa shape index (κ1) is 19.8. The van der Waals surface area contributed by atoms with Gasteiger partial charge >= 0.3 is 5.97 Å². The molecule has 0 aliphatic heterocycles. The van der Waals surface area contributed by atoms with E-state index in [1.807, 2.05) is 25.1 Å². The Bertz CT molecular complexity index is 710. The van der Waals surface area contributed by atoms with Gasteiger partial charge in [0.15, 0.2) is 0 Å². The van der Waals surface area contributed by atoms with Crippen LogP contribution in [0, 0.1) is 17.3 Å². The van der Waals surface area contributed by atoms with Crippen LogP contribution in [0.25, 0.3) is 0 Å². The molecule has 0 radical (unpaired) electrons. The van der Waals surface area contributed by atoms with Gasteiger partial charge in [-0.15, -0.1) is 0 Å². The SMILES string of the molecule is C=C1CC[C@@H](OC(=O)c2ccccc2)[C@]2(COC)CC[C@@H](C(=C)C)[C@H](O)[C@@H]12. The highest BCUT2D eigenvalue weighted by atomic mass is 16.5. The summed E-state index contributed by atoms with van der Waals surface area (Å²) in [6.07, 6.45) is 2.19. The molecule has 146 valence electrons. The van der Waals surface area contributed by atoms with Gasteiger partial charge in [0.25, 0.3) is 0 Å². The number of ether oxygens (including phenoxy) is 2. The maximum atomic E-state index is 12.7. The van der Waals surface area contributed by atoms with Crippen LogP contribution in [-0.4, -0.2) is 37.0 Å². The Kier molecular flexibility index (Phi) is 5.87. The zero-order chi connectivity index (χ0) is 19.6. The van der Waals surface area contributed by atoms with E-state index in [-0.39, 0.29) is 23.9 Å². The predicted octanol–water partition coefficient (Wildman–Crippen LogP) is 4.16. The van der Waals surface area contributed by atoms with Crippen molar-refractivity contribution in [1.82, 2.24) is 0 Å². The highest BCUT2D eigenvalue weighted by Gasteiger charge is 2.57. The number of hydrogen-bond donors (Lipinski definition) is 1. The van der Waals surface area contributed by atoms with Gasteiger partial charge in [0.1, 0.15) is 6.10 Å². The van der Waals surface area contributed by atoms with Crippen molar-refractivity contribution in [2.45, 2.75) is 44.8 Å². The maximum Gasteiger partial charge on any atom is 0.338 e. The predicted molar refractivity (Wildman–Crippen MR) is 105 cm³/mol. The maximum absolute atomic E-state index is 12.7. The van der Waals surface area contributed by atoms with Gasteiger partial charge in [-0.3, -0.25) is 0 Å². The molecular weight excluding hydrogens is 340 g/mol. The Hall–Kier alpha value is -1.91. The molecule has 0 heterocycles. The zero-order valence-corrected chi connectivity index (χ0v) is 16.3. The van der Waals surface area contributed by atoms with Gasteiger partial charge in [0, 0.05) is 24.4 Å². The van der Waals surface area contributed by atoms with Crippen LogP contribution in [0.5, 0.6) is 0 Å². The number of aliphatic hydroxyl groups is 1. The van der Waals surface area contributed by atoms with Crippen molar-refractivity contribution in [3.63, 3.8) is 0 Å². The molecule has 0 aromatic heterocycles. The molecule has 2 fully saturated rings. The van der Waals surface area contributed by atoms with E-state index in [9.17, 15) is 9.90 Å². The van der Waals surface area contributed by atoms with Crippen molar-refractivity contribution in [2.75, 3.05) is 13.7 Å². The topological polar surface area (TPSA) is 55.8 Å². The average Bonchev–Trinajstić information content (AvgIpc) is 2.64. The lowest BCUT2D eigenvalue weighted by atomic mass is 9.53. The summed E-state index contributed by atoms with van der Waals surface area (Å²) in [5, 5.41) is 11.1. The first-order chi connectivity index (χ1) is 12.9. The number of fused-ring (bicyclic) bond motifs is 1. The number of carbonyl (C=O) groups is 1. The molecule has 0 saturated heterocycles. The largest absolute Gasteiger partial charge is 0.458 e. The van der Waals surface area contributed by atoms with E-state index in [1.54, 1.807) is 19.2 Å². The minimum absolute atomic E-state index is 0.0419. The molecule has 0 spiro atoms. The molecule has 0 bridgehead atoms. The van der Waals surface area contributed by atoms with Crippen molar-refractivity contribution >= 4 is 5.97 Å². The third-order valence-electron chi connectivity index (χ3n) is 6.41. The summed E-state index contributed by atoms with van der Waals surface area (Å²) in [4.78, 5) is 12.7. The smallest absolute Gasteiger partial charge is 0.338 e. The van der Waals surface area contributed by atoms with Crippen LogP contribution in [0.15, 0.2) is 54.6 Å². The second-order valence-electron chi connectivity index (χ2n) is 8.08. The van der Waals surface area contributed by atoms with Crippen molar-refractivity contribution in [2.24, 2.45) is 17.3 Å². The Morgan fingerprint density at radius 3 is 2.63 bits per heavy atom. The van der Waals surface area contributed by atoms with E-state index >= 15 is 0 Å². The summed E-state index contributed by atoms with van der Waals surface area (Å²) >= 11 is 0. The third-order valence-corrected chi connectivity index (χ3v) is 6.41. The standard InChI is InChI=1S/C23H30O4/c1-15(2)18-12-13-23(14-26-4)19(11-10-16(3)20(23)21(18)24)27-22(25)17-8-6-5-7-9-17/h5-9,18-21,24H,1,3,10-14H2,2,4H3/t18-,19+,20+,21-,23+/m0/s1. The number of carbonyl (C=O) groups excluding carboxylic acids is 1. The second kappa shape index (κ2) is 7.99. The molecule has 2 aliphatic rings. The van der Waals surface area contributed by atoms with E-state index in [2.05, 4.69) is 13.2 Å². The van der Waals surface area contributed by atoms with Gasteiger partial charge in [-0.2, -0.15) is 0 Å². The van der Waals surface area contributed by atoms with E-state index < -0.39 is 11.5 Å². The number of aliphatic hydroxyl groups excluding tert-OH is 1. The third kappa shape index (κ3) is 3.61. The summed E-state index contributed by atoms with van der Waals surface area (Å²) < 4.78 is 11.6. The van der Waals surface area contributed by atoms with Crippen LogP contribution >= 0.6 is 0 Å². The molecule has 2 aliphatic carbocycles. The monoisotopic (exact) mass is 370 g/mol. The Labute approximate surface area is 161 Å². The lowest BCUT2D eigenvalue weighted by Crippen LogP contribution is -2.58. The molecule has 27 heavy (non-hydrogen) atoms. The molecule has 5 atom stereocenters. The van der Waals surface area contributed by atoms with Gasteiger partial charge in [0.05, 0.1) is 18.3 Å². The Balaban J connectivity index is 1.91. The molecule has 2 saturated carbocycles. The van der Waals surface area contributed by atoms with E-state index in [0.717, 1.165) is 30.4 Å². The van der Waals surface area contributed by atoms with Crippen molar-refractivity contribution in [3.8, 4) is 0 Å². The van der Waals surface area contributed by atoms with Crippen LogP contribution in [0.3, 0.4) is 0 Å². The van der Waals surface area contributed by atoms with E-state index in [4.69, 9.17) is 9.47 Å². The normalized spacial score (nSPS) is 33.2. The fourth-order valence-corrected chi connectivity index (χ4v) is 5.10. The highest BCUT2D eigenvalue weighted by Crippen LogP contribution is 2.55. The minimum Gasteiger partial charge on any atom is -0.458 e. The van der Waals surface area contributed by atoms with Gasteiger partial charge in [-0.25, -0.2) is 4.79 Å². The van der Waals surface area contributed by atoms with E-state index in [0.29, 0.717) is 18.6 Å². The summed E-state index contributed by atoms with van der Waals surface area (Å²) in [6, 6.07) is 9.05. The molecule has 1 N–H and O–H groups in total. The van der Waals surface area contributed by atoms with Gasteiger partial charge in [-0.1, -0.05) is 42.5 Å². The lowest BCUT2D eigenvalue weighted by molar-refractivity contribution is -0.147. The van der Waals surface area contributed by atoms with Gasteiger partial charge in [0.2, 0.25) is 0 Å². The molecule has 0 unspecified atom stereocenters. The van der Waals surface area contributed by atoms with Crippen molar-refractivity contribution < 1.29 is 19.4 Å². The highest BCUT2D eigenvalue weighted by molar-refractivity contribution is 5.89. The Morgan fingerprint density at radius 2 is 2.00 bits per heavy atom. The van der Waals surface area contributed by atoms with Crippen LogP contribution < -0.4 is 0 Å². The van der Waals surface area contributed by atoms with Crippen LogP contribution in [0.4, 0.5) is 0 Å². The minimum atomic E-state index is -0.572. The van der Waals surface area contributed by atoms with E-state index in [1.165, 1.54) is 0 Å². The summed E-state index contributed by atoms with van der Waals surface area (Å²) in [6.45, 7) is 10.7. The number of rotatable bonds is 5. The number of hydrogen-bond acceptors (Lipinski definition) is 4. The molecule has 4 heteroatoms. The van der Waals surface area contributed by atoms with Crippen LogP contribution in [0.2, 0.25) is 0 Å². The Morgan fingerprint density at radius 1 is 1.30 bits per heavy atom. The van der Waals surface area contributed by atoms with Crippen molar-refractivity contribution in [3.05, 3.63) is 60.2 Å². The fraction of sp³-hybridized carbons (Fsp3) is 0.522. The zero-order valence-electron chi connectivity index (χ0n) is 16.3. The molecule has 4 nitrogen and oxygen atoms in total. The summed E-state index contributed by atoms with van der Waals surface area (Å²) in [5.74, 6) is -0.436. The molecule has 1 aromatic carbocycles. The van der Waals surface area contributed by atoms with Gasteiger partial charge < -0.3 is 14.6 Å². The van der Waals surface area contributed by atoms with Crippen molar-refractivity contribution in [1.29, 1.82) is 0 Å². The van der Waals surface area contributed by atoms with Crippen LogP contribution in [-0.2, 0) is 9.47 Å². The first-order valence-electron chi connectivity index (χ1n) is 9.67. The number of benzene rings is 1. The lowest BCUT2D eigenvalue weighted by Gasteiger charge is -2.55. The molecule has 3 rings (SSSR count). The molecular formula is C23H30O4. The fourth-order valence-electron chi connectivity index (χ4n) is 5.10. The summed E-state index contributed by atoms with van der Waals surface area (Å²) in [5.41, 5.74) is 2.12. The summed E-state index contributed by atoms with van der Waals surface area (Å²) in [7, 11) is 1.66. The van der Waals surface area contributed by atoms with Crippen LogP contribution in [0.1, 0.15) is 43.0 Å². The second-order valence-corrected chi connectivity index (χ2v) is 8.08. The quantitative estimate of drug-likeness (QED) is 0.625. The molecule has 1 aromatic rings.